The van der Waals surface area contributed by atoms with Crippen LogP contribution in [-0.4, -0.2) is 44.3 Å². The topological polar surface area (TPSA) is 119 Å². The third kappa shape index (κ3) is 5.13. The molecule has 0 spiro atoms. The van der Waals surface area contributed by atoms with E-state index in [1.54, 1.807) is 11.8 Å². The predicted octanol–water partition coefficient (Wildman–Crippen LogP) is 3.73. The number of hydrogen-bond acceptors (Lipinski definition) is 6. The van der Waals surface area contributed by atoms with Crippen LogP contribution in [0.25, 0.3) is 0 Å². The van der Waals surface area contributed by atoms with Crippen LogP contribution in [-0.2, 0) is 10.0 Å². The van der Waals surface area contributed by atoms with Gasteiger partial charge < -0.3 is 9.64 Å². The standard InChI is InChI=1S/C21H25N3O6S/c1-15-7-8-16(24(26)27)13-19(15)22-31(28,29)17-9-10-20(30-2)18(14-17)21(25)23-11-5-3-4-6-12-23/h7-10,13-14,22H,3-6,11-12H2,1-2H3. The molecule has 0 bridgehead atoms. The molecule has 1 saturated heterocycles. The number of amides is 1. The number of nitrogens with zero attached hydrogens (tertiary/aromatic N) is 2. The van der Waals surface area contributed by atoms with Crippen molar-refractivity contribution in [3.63, 3.8) is 0 Å². The second kappa shape index (κ2) is 9.34. The van der Waals surface area contributed by atoms with Crippen molar-refractivity contribution in [3.05, 3.63) is 57.6 Å². The summed E-state index contributed by atoms with van der Waals surface area (Å²) in [4.78, 5) is 25.1. The fourth-order valence-corrected chi connectivity index (χ4v) is 4.65. The Bertz CT molecular complexity index is 1090. The minimum Gasteiger partial charge on any atom is -0.496 e. The number of rotatable bonds is 6. The fourth-order valence-electron chi connectivity index (χ4n) is 3.50. The van der Waals surface area contributed by atoms with Crippen LogP contribution in [0.15, 0.2) is 41.3 Å². The molecular weight excluding hydrogens is 422 g/mol. The molecule has 1 heterocycles. The van der Waals surface area contributed by atoms with Crippen molar-refractivity contribution in [2.75, 3.05) is 24.9 Å². The van der Waals surface area contributed by atoms with Crippen LogP contribution in [0.5, 0.6) is 5.75 Å². The number of methoxy groups -OCH3 is 1. The maximum atomic E-state index is 13.1. The second-order valence-electron chi connectivity index (χ2n) is 7.43. The number of sulfonamides is 1. The number of hydrogen-bond donors (Lipinski definition) is 1. The largest absolute Gasteiger partial charge is 0.496 e. The van der Waals surface area contributed by atoms with E-state index in [0.29, 0.717) is 24.4 Å². The molecule has 1 aliphatic rings. The molecular formula is C21H25N3O6S. The quantitative estimate of drug-likeness (QED) is 0.532. The van der Waals surface area contributed by atoms with Crippen molar-refractivity contribution in [1.82, 2.24) is 4.90 Å². The van der Waals surface area contributed by atoms with E-state index >= 15 is 0 Å². The average Bonchev–Trinajstić information content (AvgIpc) is 3.03. The normalized spacial score (nSPS) is 14.6. The van der Waals surface area contributed by atoms with Crippen LogP contribution < -0.4 is 9.46 Å². The monoisotopic (exact) mass is 447 g/mol. The fraction of sp³-hybridized carbons (Fsp3) is 0.381. The van der Waals surface area contributed by atoms with Crippen molar-refractivity contribution in [3.8, 4) is 5.75 Å². The van der Waals surface area contributed by atoms with Gasteiger partial charge in [-0.1, -0.05) is 18.9 Å². The lowest BCUT2D eigenvalue weighted by Gasteiger charge is -2.22. The zero-order chi connectivity index (χ0) is 22.6. The van der Waals surface area contributed by atoms with Crippen molar-refractivity contribution in [2.45, 2.75) is 37.5 Å². The smallest absolute Gasteiger partial charge is 0.271 e. The zero-order valence-electron chi connectivity index (χ0n) is 17.5. The van der Waals surface area contributed by atoms with Crippen LogP contribution in [0.1, 0.15) is 41.6 Å². The van der Waals surface area contributed by atoms with Gasteiger partial charge in [0.05, 0.1) is 28.2 Å². The summed E-state index contributed by atoms with van der Waals surface area (Å²) >= 11 is 0. The van der Waals surface area contributed by atoms with E-state index in [1.807, 2.05) is 0 Å². The van der Waals surface area contributed by atoms with Gasteiger partial charge in [0.25, 0.3) is 21.6 Å². The number of likely N-dealkylation sites (tertiary alicyclic amines) is 1. The van der Waals surface area contributed by atoms with E-state index in [1.165, 1.54) is 43.5 Å². The molecule has 0 saturated carbocycles. The first-order chi connectivity index (χ1) is 14.7. The maximum Gasteiger partial charge on any atom is 0.271 e. The van der Waals surface area contributed by atoms with Gasteiger partial charge >= 0.3 is 0 Å². The maximum absolute atomic E-state index is 13.1. The Hall–Kier alpha value is -3.14. The number of non-ortho nitro benzene ring substituents is 1. The number of aryl methyl sites for hydroxylation is 1. The number of carbonyl (C=O) groups excluding carboxylic acids is 1. The van der Waals surface area contributed by atoms with Gasteiger partial charge in [0.1, 0.15) is 5.75 Å². The molecule has 166 valence electrons. The van der Waals surface area contributed by atoms with Crippen molar-refractivity contribution < 1.29 is 22.9 Å². The summed E-state index contributed by atoms with van der Waals surface area (Å²) in [6.45, 7) is 2.87. The second-order valence-corrected chi connectivity index (χ2v) is 9.11. The van der Waals surface area contributed by atoms with Crippen LogP contribution in [0.3, 0.4) is 0 Å². The SMILES string of the molecule is COc1ccc(S(=O)(=O)Nc2cc([N+](=O)[O-])ccc2C)cc1C(=O)N1CCCCCC1. The van der Waals surface area contributed by atoms with Gasteiger partial charge in [-0.15, -0.1) is 0 Å². The number of nitrogens with one attached hydrogen (secondary N) is 1. The van der Waals surface area contributed by atoms with E-state index in [2.05, 4.69) is 4.72 Å². The highest BCUT2D eigenvalue weighted by Crippen LogP contribution is 2.28. The zero-order valence-corrected chi connectivity index (χ0v) is 18.3. The van der Waals surface area contributed by atoms with E-state index in [4.69, 9.17) is 4.74 Å². The molecule has 1 fully saturated rings. The number of anilines is 1. The molecule has 0 radical (unpaired) electrons. The van der Waals surface area contributed by atoms with Crippen molar-refractivity contribution >= 4 is 27.3 Å². The van der Waals surface area contributed by atoms with E-state index < -0.39 is 14.9 Å². The average molecular weight is 448 g/mol. The lowest BCUT2D eigenvalue weighted by Crippen LogP contribution is -2.32. The number of benzene rings is 2. The molecule has 3 rings (SSSR count). The summed E-state index contributed by atoms with van der Waals surface area (Å²) in [5.74, 6) is 0.0158. The molecule has 1 amide bonds. The molecule has 2 aromatic carbocycles. The van der Waals surface area contributed by atoms with E-state index in [9.17, 15) is 23.3 Å². The van der Waals surface area contributed by atoms with Crippen LogP contribution in [0, 0.1) is 17.0 Å². The Morgan fingerprint density at radius 2 is 1.77 bits per heavy atom. The first-order valence-corrected chi connectivity index (χ1v) is 11.5. The van der Waals surface area contributed by atoms with Gasteiger partial charge in [-0.2, -0.15) is 0 Å². The molecule has 0 aromatic heterocycles. The molecule has 9 nitrogen and oxygen atoms in total. The van der Waals surface area contributed by atoms with Gasteiger partial charge in [-0.25, -0.2) is 8.42 Å². The van der Waals surface area contributed by atoms with Crippen LogP contribution in [0.2, 0.25) is 0 Å². The lowest BCUT2D eigenvalue weighted by atomic mass is 10.1. The molecule has 10 heteroatoms. The molecule has 1 N–H and O–H groups in total. The molecule has 0 atom stereocenters. The summed E-state index contributed by atoms with van der Waals surface area (Å²) in [7, 11) is -2.67. The minimum absolute atomic E-state index is 0.102. The summed E-state index contributed by atoms with van der Waals surface area (Å²) in [5, 5.41) is 11.0. The van der Waals surface area contributed by atoms with Crippen molar-refractivity contribution in [2.24, 2.45) is 0 Å². The highest BCUT2D eigenvalue weighted by atomic mass is 32.2. The minimum atomic E-state index is -4.10. The Balaban J connectivity index is 1.95. The molecule has 0 unspecified atom stereocenters. The van der Waals surface area contributed by atoms with Crippen LogP contribution in [0.4, 0.5) is 11.4 Å². The van der Waals surface area contributed by atoms with Gasteiger partial charge in [-0.3, -0.25) is 19.6 Å². The molecule has 31 heavy (non-hydrogen) atoms. The van der Waals surface area contributed by atoms with Gasteiger partial charge in [0.15, 0.2) is 0 Å². The predicted molar refractivity (Wildman–Crippen MR) is 116 cm³/mol. The van der Waals surface area contributed by atoms with Crippen LogP contribution >= 0.6 is 0 Å². The Morgan fingerprint density at radius 3 is 2.39 bits per heavy atom. The number of carbonyl (C=O) groups is 1. The summed E-state index contributed by atoms with van der Waals surface area (Å²) in [6, 6.07) is 8.02. The first kappa shape index (κ1) is 22.5. The summed E-state index contributed by atoms with van der Waals surface area (Å²) < 4.78 is 33.7. The summed E-state index contributed by atoms with van der Waals surface area (Å²) in [6.07, 6.45) is 3.92. The molecule has 2 aromatic rings. The third-order valence-electron chi connectivity index (χ3n) is 5.28. The van der Waals surface area contributed by atoms with Crippen molar-refractivity contribution in [1.29, 1.82) is 0 Å². The number of ether oxygens (including phenoxy) is 1. The number of nitro benzene ring substituents is 1. The first-order valence-electron chi connectivity index (χ1n) is 9.98. The lowest BCUT2D eigenvalue weighted by molar-refractivity contribution is -0.384. The number of nitro groups is 1. The Kier molecular flexibility index (Phi) is 6.79. The van der Waals surface area contributed by atoms with Gasteiger partial charge in [-0.05, 0) is 43.5 Å². The summed E-state index contributed by atoms with van der Waals surface area (Å²) in [5.41, 5.74) is 0.576. The van der Waals surface area contributed by atoms with E-state index in [-0.39, 0.29) is 27.7 Å². The highest BCUT2D eigenvalue weighted by molar-refractivity contribution is 7.92. The van der Waals surface area contributed by atoms with E-state index in [0.717, 1.165) is 25.7 Å². The van der Waals surface area contributed by atoms with Gasteiger partial charge in [0, 0.05) is 25.2 Å². The Labute approximate surface area is 181 Å². The Morgan fingerprint density at radius 1 is 1.10 bits per heavy atom. The third-order valence-corrected chi connectivity index (χ3v) is 6.64. The molecule has 0 aliphatic carbocycles. The molecule has 1 aliphatic heterocycles. The van der Waals surface area contributed by atoms with Gasteiger partial charge in [0.2, 0.25) is 0 Å². The highest BCUT2D eigenvalue weighted by Gasteiger charge is 2.25.